The third-order valence-electron chi connectivity index (χ3n) is 3.53. The molecule has 1 heterocycles. The first-order valence-corrected chi connectivity index (χ1v) is 7.13. The Bertz CT molecular complexity index is 389. The second kappa shape index (κ2) is 7.48. The predicted octanol–water partition coefficient (Wildman–Crippen LogP) is 1.21. The summed E-state index contributed by atoms with van der Waals surface area (Å²) < 4.78 is 5.50. The van der Waals surface area contributed by atoms with Gasteiger partial charge in [-0.3, -0.25) is 4.90 Å². The average molecular weight is 263 g/mol. The van der Waals surface area contributed by atoms with Crippen molar-refractivity contribution < 1.29 is 4.74 Å². The lowest BCUT2D eigenvalue weighted by Gasteiger charge is -2.27. The van der Waals surface area contributed by atoms with Gasteiger partial charge in [-0.15, -0.1) is 0 Å². The van der Waals surface area contributed by atoms with E-state index in [0.29, 0.717) is 0 Å². The fraction of sp³-hybridized carbons (Fsp3) is 0.600. The molecular weight excluding hydrogens is 238 g/mol. The minimum Gasteiger partial charge on any atom is -0.496 e. The molecule has 2 N–H and O–H groups in total. The van der Waals surface area contributed by atoms with Gasteiger partial charge in [0, 0.05) is 44.8 Å². The van der Waals surface area contributed by atoms with Gasteiger partial charge in [0.25, 0.3) is 0 Å². The highest BCUT2D eigenvalue weighted by Gasteiger charge is 2.11. The Morgan fingerprint density at radius 1 is 1.32 bits per heavy atom. The molecule has 1 fully saturated rings. The van der Waals surface area contributed by atoms with Gasteiger partial charge in [0.05, 0.1) is 7.11 Å². The highest BCUT2D eigenvalue weighted by molar-refractivity contribution is 5.37. The van der Waals surface area contributed by atoms with Crippen molar-refractivity contribution in [1.82, 2.24) is 15.5 Å². The molecule has 19 heavy (non-hydrogen) atoms. The second-order valence-corrected chi connectivity index (χ2v) is 4.95. The number of ether oxygens (including phenoxy) is 1. The average Bonchev–Trinajstić information content (AvgIpc) is 2.47. The van der Waals surface area contributed by atoms with Crippen LogP contribution in [-0.2, 0) is 13.1 Å². The molecule has 0 atom stereocenters. The lowest BCUT2D eigenvalue weighted by Crippen LogP contribution is -2.42. The van der Waals surface area contributed by atoms with Gasteiger partial charge in [-0.05, 0) is 18.2 Å². The number of methoxy groups -OCH3 is 1. The maximum atomic E-state index is 5.50. The minimum absolute atomic E-state index is 0.869. The molecule has 4 nitrogen and oxygen atoms in total. The van der Waals surface area contributed by atoms with Gasteiger partial charge in [0.2, 0.25) is 0 Å². The van der Waals surface area contributed by atoms with Crippen LogP contribution in [-0.4, -0.2) is 44.7 Å². The molecule has 0 radical (unpaired) electrons. The molecule has 0 aliphatic carbocycles. The molecule has 1 saturated heterocycles. The Labute approximate surface area is 116 Å². The quantitative estimate of drug-likeness (QED) is 0.809. The Hall–Kier alpha value is -1.10. The van der Waals surface area contributed by atoms with Crippen LogP contribution in [0.2, 0.25) is 0 Å². The van der Waals surface area contributed by atoms with Crippen molar-refractivity contribution in [1.29, 1.82) is 0 Å². The number of nitrogens with zero attached hydrogens (tertiary/aromatic N) is 1. The predicted molar refractivity (Wildman–Crippen MR) is 78.5 cm³/mol. The zero-order valence-electron chi connectivity index (χ0n) is 12.0. The largest absolute Gasteiger partial charge is 0.496 e. The molecule has 0 unspecified atom stereocenters. The van der Waals surface area contributed by atoms with Crippen LogP contribution in [0.4, 0.5) is 0 Å². The van der Waals surface area contributed by atoms with Crippen LogP contribution < -0.4 is 15.4 Å². The molecule has 0 amide bonds. The molecule has 1 aromatic carbocycles. The molecule has 1 aliphatic rings. The van der Waals surface area contributed by atoms with Gasteiger partial charge in [-0.25, -0.2) is 0 Å². The fourth-order valence-corrected chi connectivity index (χ4v) is 2.42. The number of piperazine rings is 1. The Kier molecular flexibility index (Phi) is 5.63. The van der Waals surface area contributed by atoms with E-state index in [1.54, 1.807) is 7.11 Å². The number of nitrogens with one attached hydrogen (secondary N) is 2. The van der Waals surface area contributed by atoms with E-state index in [9.17, 15) is 0 Å². The van der Waals surface area contributed by atoms with Gasteiger partial charge in [-0.1, -0.05) is 19.1 Å². The first-order chi connectivity index (χ1) is 9.33. The lowest BCUT2D eigenvalue weighted by atomic mass is 10.1. The summed E-state index contributed by atoms with van der Waals surface area (Å²) in [6.45, 7) is 9.41. The van der Waals surface area contributed by atoms with E-state index in [2.05, 4.69) is 40.7 Å². The monoisotopic (exact) mass is 263 g/mol. The molecule has 0 saturated carbocycles. The molecule has 1 aromatic rings. The summed E-state index contributed by atoms with van der Waals surface area (Å²) in [6, 6.07) is 6.57. The highest BCUT2D eigenvalue weighted by atomic mass is 16.5. The van der Waals surface area contributed by atoms with Crippen molar-refractivity contribution >= 4 is 0 Å². The standard InChI is InChI=1S/C15H25N3O/c1-3-16-11-14-5-4-13(10-15(14)19-2)12-18-8-6-17-7-9-18/h4-5,10,16-17H,3,6-9,11-12H2,1-2H3. The van der Waals surface area contributed by atoms with E-state index in [1.165, 1.54) is 11.1 Å². The SMILES string of the molecule is CCNCc1ccc(CN2CCNCC2)cc1OC. The van der Waals surface area contributed by atoms with Crippen LogP contribution >= 0.6 is 0 Å². The van der Waals surface area contributed by atoms with Gasteiger partial charge in [-0.2, -0.15) is 0 Å². The number of hydrogen-bond donors (Lipinski definition) is 2. The van der Waals surface area contributed by atoms with E-state index >= 15 is 0 Å². The van der Waals surface area contributed by atoms with Crippen molar-refractivity contribution in [2.45, 2.75) is 20.0 Å². The summed E-state index contributed by atoms with van der Waals surface area (Å²) in [5.74, 6) is 0.994. The molecule has 1 aliphatic heterocycles. The lowest BCUT2D eigenvalue weighted by molar-refractivity contribution is 0.233. The smallest absolute Gasteiger partial charge is 0.123 e. The molecule has 2 rings (SSSR count). The minimum atomic E-state index is 0.869. The van der Waals surface area contributed by atoms with Crippen LogP contribution in [0.3, 0.4) is 0 Å². The second-order valence-electron chi connectivity index (χ2n) is 4.95. The maximum absolute atomic E-state index is 5.50. The summed E-state index contributed by atoms with van der Waals surface area (Å²) in [5.41, 5.74) is 2.56. The summed E-state index contributed by atoms with van der Waals surface area (Å²) in [5, 5.41) is 6.72. The molecule has 0 spiro atoms. The van der Waals surface area contributed by atoms with Crippen molar-refractivity contribution in [2.24, 2.45) is 0 Å². The van der Waals surface area contributed by atoms with Gasteiger partial charge >= 0.3 is 0 Å². The van der Waals surface area contributed by atoms with Gasteiger partial charge in [0.15, 0.2) is 0 Å². The van der Waals surface area contributed by atoms with E-state index < -0.39 is 0 Å². The normalized spacial score (nSPS) is 16.5. The number of hydrogen-bond acceptors (Lipinski definition) is 4. The van der Waals surface area contributed by atoms with Crippen LogP contribution in [0.1, 0.15) is 18.1 Å². The highest BCUT2D eigenvalue weighted by Crippen LogP contribution is 2.21. The van der Waals surface area contributed by atoms with Crippen molar-refractivity contribution in [3.8, 4) is 5.75 Å². The van der Waals surface area contributed by atoms with Gasteiger partial charge < -0.3 is 15.4 Å². The third-order valence-corrected chi connectivity index (χ3v) is 3.53. The number of rotatable bonds is 6. The molecule has 106 valence electrons. The van der Waals surface area contributed by atoms with Crippen LogP contribution in [0, 0.1) is 0 Å². The first-order valence-electron chi connectivity index (χ1n) is 7.13. The van der Waals surface area contributed by atoms with E-state index in [-0.39, 0.29) is 0 Å². The molecular formula is C15H25N3O. The van der Waals surface area contributed by atoms with Crippen LogP contribution in [0.5, 0.6) is 5.75 Å². The maximum Gasteiger partial charge on any atom is 0.123 e. The summed E-state index contributed by atoms with van der Waals surface area (Å²) >= 11 is 0. The molecule has 4 heteroatoms. The Balaban J connectivity index is 2.00. The van der Waals surface area contributed by atoms with Crippen LogP contribution in [0.25, 0.3) is 0 Å². The van der Waals surface area contributed by atoms with E-state index in [4.69, 9.17) is 4.74 Å². The van der Waals surface area contributed by atoms with Crippen molar-refractivity contribution in [2.75, 3.05) is 39.8 Å². The fourth-order valence-electron chi connectivity index (χ4n) is 2.42. The van der Waals surface area contributed by atoms with E-state index in [1.807, 2.05) is 0 Å². The summed E-state index contributed by atoms with van der Waals surface area (Å²) in [6.07, 6.45) is 0. The molecule has 0 bridgehead atoms. The van der Waals surface area contributed by atoms with Crippen molar-refractivity contribution in [3.63, 3.8) is 0 Å². The Morgan fingerprint density at radius 2 is 2.11 bits per heavy atom. The summed E-state index contributed by atoms with van der Waals surface area (Å²) in [4.78, 5) is 2.48. The first kappa shape index (κ1) is 14.3. The topological polar surface area (TPSA) is 36.5 Å². The zero-order chi connectivity index (χ0) is 13.5. The Morgan fingerprint density at radius 3 is 2.79 bits per heavy atom. The van der Waals surface area contributed by atoms with Gasteiger partial charge in [0.1, 0.15) is 5.75 Å². The van der Waals surface area contributed by atoms with Crippen LogP contribution in [0.15, 0.2) is 18.2 Å². The number of benzene rings is 1. The summed E-state index contributed by atoms with van der Waals surface area (Å²) in [7, 11) is 1.75. The third kappa shape index (κ3) is 4.20. The van der Waals surface area contributed by atoms with Crippen molar-refractivity contribution in [3.05, 3.63) is 29.3 Å². The zero-order valence-corrected chi connectivity index (χ0v) is 12.0. The molecule has 0 aromatic heterocycles. The van der Waals surface area contributed by atoms with E-state index in [0.717, 1.165) is 51.6 Å².